The third kappa shape index (κ3) is 14.1. The van der Waals surface area contributed by atoms with Crippen molar-refractivity contribution in [1.82, 2.24) is 0 Å². The summed E-state index contributed by atoms with van der Waals surface area (Å²) in [5, 5.41) is 41.2. The predicted molar refractivity (Wildman–Crippen MR) is 254 cm³/mol. The maximum atomic E-state index is 10.3. The van der Waals surface area contributed by atoms with Crippen molar-refractivity contribution >= 4 is 0 Å². The van der Waals surface area contributed by atoms with Gasteiger partial charge in [0.15, 0.2) is 0 Å². The lowest BCUT2D eigenvalue weighted by Crippen LogP contribution is -2.11. The molecule has 0 saturated heterocycles. The van der Waals surface area contributed by atoms with Gasteiger partial charge in [0.2, 0.25) is 0 Å². The van der Waals surface area contributed by atoms with E-state index in [2.05, 4.69) is 75.1 Å². The van der Waals surface area contributed by atoms with Gasteiger partial charge in [-0.1, -0.05) is 75.1 Å². The van der Waals surface area contributed by atoms with Gasteiger partial charge in [0.05, 0.1) is 26.4 Å². The molecule has 1 aliphatic rings. The van der Waals surface area contributed by atoms with Gasteiger partial charge in [-0.25, -0.2) is 0 Å². The molecule has 0 heterocycles. The molecule has 0 amide bonds. The number of aliphatic hydroxyl groups is 4. The molecule has 5 rings (SSSR count). The number of rotatable bonds is 12. The summed E-state index contributed by atoms with van der Waals surface area (Å²) in [6.07, 6.45) is 1.35. The van der Waals surface area contributed by atoms with Gasteiger partial charge in [0.25, 0.3) is 0 Å². The van der Waals surface area contributed by atoms with E-state index in [1.54, 1.807) is 27.7 Å². The number of hydrogen-bond donors (Lipinski definition) is 4. The molecule has 0 saturated carbocycles. The fraction of sp³-hybridized carbons (Fsp3) is 0.429. The second-order valence-corrected chi connectivity index (χ2v) is 16.4. The average molecular weight is 865 g/mol. The molecule has 4 N–H and O–H groups in total. The van der Waals surface area contributed by atoms with Crippen molar-refractivity contribution in [2.75, 3.05) is 26.4 Å². The summed E-state index contributed by atoms with van der Waals surface area (Å²) in [5.74, 6) is 27.6. The maximum Gasteiger partial charge on any atom is 0.126 e. The highest BCUT2D eigenvalue weighted by molar-refractivity contribution is 5.62. The number of benzene rings is 4. The number of aliphatic hydroxyl groups excluding tert-OH is 4. The summed E-state index contributed by atoms with van der Waals surface area (Å²) in [7, 11) is 0. The first kappa shape index (κ1) is 49.2. The highest BCUT2D eigenvalue weighted by Crippen LogP contribution is 2.41. The molecule has 0 fully saturated rings. The fourth-order valence-corrected chi connectivity index (χ4v) is 7.49. The second-order valence-electron chi connectivity index (χ2n) is 16.4. The summed E-state index contributed by atoms with van der Waals surface area (Å²) < 4.78 is 27.0. The lowest BCUT2D eigenvalue weighted by Gasteiger charge is -2.24. The minimum Gasteiger partial charge on any atom is -0.493 e. The zero-order valence-corrected chi connectivity index (χ0v) is 38.8. The van der Waals surface area contributed by atoms with Crippen molar-refractivity contribution < 1.29 is 39.4 Å². The van der Waals surface area contributed by atoms with Crippen LogP contribution in [0.15, 0.2) is 48.5 Å². The van der Waals surface area contributed by atoms with Gasteiger partial charge >= 0.3 is 0 Å². The van der Waals surface area contributed by atoms with Crippen LogP contribution in [-0.2, 0) is 25.7 Å². The van der Waals surface area contributed by atoms with Gasteiger partial charge in [-0.05, 0) is 102 Å². The van der Waals surface area contributed by atoms with E-state index in [1.165, 1.54) is 0 Å². The Morgan fingerprint density at radius 3 is 0.672 bits per heavy atom. The Balaban J connectivity index is 2.01. The molecule has 4 atom stereocenters. The van der Waals surface area contributed by atoms with Crippen LogP contribution in [0.1, 0.15) is 148 Å². The SMILES string of the molecule is CCCOc1c2cc(C#C[C@H](C)O)cc1Cc1cc(C#C[C@H](C)O)cc(c1OCCC)Cc1cc(C#C[C@H](C)O)cc(c1OCCC)Cc1cc(C#C[C@H](C)O)cc(c1OCCC)C2. The Morgan fingerprint density at radius 2 is 0.531 bits per heavy atom. The van der Waals surface area contributed by atoms with E-state index in [0.29, 0.717) is 52.1 Å². The molecule has 0 radical (unpaired) electrons. The van der Waals surface area contributed by atoms with Crippen LogP contribution >= 0.6 is 0 Å². The Morgan fingerprint density at radius 1 is 0.359 bits per heavy atom. The van der Waals surface area contributed by atoms with Crippen molar-refractivity contribution in [3.63, 3.8) is 0 Å². The normalized spacial score (nSPS) is 13.4. The maximum absolute atomic E-state index is 10.3. The van der Waals surface area contributed by atoms with Crippen LogP contribution < -0.4 is 18.9 Å². The topological polar surface area (TPSA) is 118 Å². The van der Waals surface area contributed by atoms with Crippen LogP contribution in [0.4, 0.5) is 0 Å². The highest BCUT2D eigenvalue weighted by atomic mass is 16.5. The van der Waals surface area contributed by atoms with E-state index in [1.807, 2.05) is 48.5 Å². The second kappa shape index (κ2) is 24.3. The summed E-state index contributed by atoms with van der Waals surface area (Å²) in [6.45, 7) is 16.8. The number of hydrogen-bond acceptors (Lipinski definition) is 8. The van der Waals surface area contributed by atoms with E-state index in [0.717, 1.165) is 115 Å². The monoisotopic (exact) mass is 864 g/mol. The molecule has 8 bridgehead atoms. The molecule has 0 aromatic heterocycles. The van der Waals surface area contributed by atoms with Crippen molar-refractivity contribution in [3.8, 4) is 70.4 Å². The molecule has 64 heavy (non-hydrogen) atoms. The smallest absolute Gasteiger partial charge is 0.126 e. The van der Waals surface area contributed by atoms with Gasteiger partial charge in [-0.3, -0.25) is 0 Å². The fourth-order valence-electron chi connectivity index (χ4n) is 7.49. The van der Waals surface area contributed by atoms with Crippen molar-refractivity contribution in [1.29, 1.82) is 0 Å². The summed E-state index contributed by atoms with van der Waals surface area (Å²) in [6, 6.07) is 16.2. The van der Waals surface area contributed by atoms with Gasteiger partial charge < -0.3 is 39.4 Å². The summed E-state index contributed by atoms with van der Waals surface area (Å²) in [4.78, 5) is 0. The summed E-state index contributed by atoms with van der Waals surface area (Å²) >= 11 is 0. The quantitative estimate of drug-likeness (QED) is 0.0925. The predicted octanol–water partition coefficient (Wildman–Crippen LogP) is 8.45. The first-order valence-electron chi connectivity index (χ1n) is 22.7. The lowest BCUT2D eigenvalue weighted by atomic mass is 9.88. The van der Waals surface area contributed by atoms with Crippen LogP contribution in [0, 0.1) is 47.4 Å². The van der Waals surface area contributed by atoms with Gasteiger partial charge in [0.1, 0.15) is 47.4 Å². The average Bonchev–Trinajstić information content (AvgIpc) is 3.24. The van der Waals surface area contributed by atoms with Crippen LogP contribution in [0.3, 0.4) is 0 Å². The molecular formula is C56H64O8. The first-order chi connectivity index (χ1) is 30.8. The van der Waals surface area contributed by atoms with E-state index in [4.69, 9.17) is 18.9 Å². The third-order valence-electron chi connectivity index (χ3n) is 10.00. The Bertz CT molecular complexity index is 2060. The van der Waals surface area contributed by atoms with Gasteiger partial charge in [-0.15, -0.1) is 0 Å². The van der Waals surface area contributed by atoms with Crippen LogP contribution in [0.2, 0.25) is 0 Å². The molecular weight excluding hydrogens is 801 g/mol. The molecule has 0 spiro atoms. The molecule has 0 aliphatic heterocycles. The van der Waals surface area contributed by atoms with Gasteiger partial charge in [-0.2, -0.15) is 0 Å². The van der Waals surface area contributed by atoms with Gasteiger partial charge in [0, 0.05) is 92.4 Å². The Labute approximate surface area is 381 Å². The molecule has 8 heteroatoms. The third-order valence-corrected chi connectivity index (χ3v) is 10.00. The Kier molecular flexibility index (Phi) is 18.7. The molecule has 336 valence electrons. The van der Waals surface area contributed by atoms with E-state index in [9.17, 15) is 20.4 Å². The van der Waals surface area contributed by atoms with Crippen molar-refractivity contribution in [2.24, 2.45) is 0 Å². The van der Waals surface area contributed by atoms with Crippen LogP contribution in [0.25, 0.3) is 0 Å². The molecule has 0 unspecified atom stereocenters. The van der Waals surface area contributed by atoms with Crippen LogP contribution in [-0.4, -0.2) is 71.3 Å². The van der Waals surface area contributed by atoms with Crippen molar-refractivity contribution in [2.45, 2.75) is 131 Å². The van der Waals surface area contributed by atoms with Crippen molar-refractivity contribution in [3.05, 3.63) is 115 Å². The van der Waals surface area contributed by atoms with E-state index >= 15 is 0 Å². The van der Waals surface area contributed by atoms with E-state index < -0.39 is 24.4 Å². The molecule has 8 nitrogen and oxygen atoms in total. The Hall–Kier alpha value is -5.84. The molecule has 1 aliphatic carbocycles. The minimum absolute atomic E-state index is 0.390. The zero-order valence-electron chi connectivity index (χ0n) is 38.8. The first-order valence-corrected chi connectivity index (χ1v) is 22.7. The van der Waals surface area contributed by atoms with E-state index in [-0.39, 0.29) is 0 Å². The molecule has 4 aromatic rings. The van der Waals surface area contributed by atoms with Crippen LogP contribution in [0.5, 0.6) is 23.0 Å². The zero-order chi connectivity index (χ0) is 46.2. The molecule has 4 aromatic carbocycles. The summed E-state index contributed by atoms with van der Waals surface area (Å²) in [5.41, 5.74) is 9.93. The number of fused-ring (bicyclic) bond motifs is 8. The number of ether oxygens (including phenoxy) is 4. The standard InChI is InChI=1S/C56H64O8/c1-9-21-61-53-45-25-41(17-13-37(5)57)26-46(53)34-48-28-43(19-15-39(7)59)30-50(55(48)63-23-11-3)36-52-32-44(20-16-40(8)60)31-51(56(52)64-24-12-4)35-49-29-42(18-14-38(6)58)27-47(33-45)54(49)62-22-10-2/h25-32,37-40,57-60H,9-12,21-24,33-36H2,1-8H3/t37-,38-,39-,40-/m0/s1. The minimum atomic E-state index is -0.836. The lowest BCUT2D eigenvalue weighted by molar-refractivity contribution is 0.253. The highest BCUT2D eigenvalue weighted by Gasteiger charge is 2.24. The largest absolute Gasteiger partial charge is 0.493 e.